The van der Waals surface area contributed by atoms with Gasteiger partial charge in [0.1, 0.15) is 0 Å². The number of carbonyl (C=O) groups is 2. The van der Waals surface area contributed by atoms with Crippen molar-refractivity contribution in [1.29, 1.82) is 0 Å². The third kappa shape index (κ3) is 7.80. The molecule has 0 aromatic heterocycles. The number of rotatable bonds is 8. The second kappa shape index (κ2) is 13.6. The van der Waals surface area contributed by atoms with E-state index in [9.17, 15) is 14.7 Å². The molecule has 2 aliphatic rings. The Labute approximate surface area is 242 Å². The highest BCUT2D eigenvalue weighted by Crippen LogP contribution is 2.27. The van der Waals surface area contributed by atoms with Crippen molar-refractivity contribution >= 4 is 29.4 Å². The van der Waals surface area contributed by atoms with Crippen LogP contribution in [-0.4, -0.2) is 60.3 Å². The highest BCUT2D eigenvalue weighted by Gasteiger charge is 2.20. The topological polar surface area (TPSA) is 97.3 Å². The van der Waals surface area contributed by atoms with Gasteiger partial charge in [0.2, 0.25) is 0 Å². The molecule has 2 saturated heterocycles. The Morgan fingerprint density at radius 2 is 1.68 bits per heavy atom. The molecule has 3 aromatic rings. The van der Waals surface area contributed by atoms with Crippen LogP contribution in [0.5, 0.6) is 0 Å². The number of hydrazone groups is 1. The molecular formula is C33H39N5O3. The summed E-state index contributed by atoms with van der Waals surface area (Å²) in [7, 11) is 0. The maximum Gasteiger partial charge on any atom is 0.273 e. The van der Waals surface area contributed by atoms with Crippen molar-refractivity contribution in [3.05, 3.63) is 94.5 Å². The van der Waals surface area contributed by atoms with Gasteiger partial charge in [-0.25, -0.2) is 5.43 Å². The zero-order valence-corrected chi connectivity index (χ0v) is 23.7. The summed E-state index contributed by atoms with van der Waals surface area (Å²) in [5.74, 6) is -0.660. The molecular weight excluding hydrogens is 514 g/mol. The Bertz CT molecular complexity index is 1370. The predicted octanol–water partition coefficient (Wildman–Crippen LogP) is 4.96. The number of piperidine rings is 2. The van der Waals surface area contributed by atoms with Gasteiger partial charge in [-0.05, 0) is 80.5 Å². The molecule has 0 aliphatic carbocycles. The number of nitrogens with zero attached hydrogens (tertiary/aromatic N) is 3. The number of hydrogen-bond donors (Lipinski definition) is 3. The van der Waals surface area contributed by atoms with Crippen molar-refractivity contribution in [3.8, 4) is 0 Å². The third-order valence-corrected chi connectivity index (χ3v) is 7.83. The van der Waals surface area contributed by atoms with Crippen LogP contribution in [0.1, 0.15) is 69.5 Å². The molecule has 8 nitrogen and oxygen atoms in total. The van der Waals surface area contributed by atoms with Crippen LogP contribution in [0.3, 0.4) is 0 Å². The number of benzene rings is 3. The number of hydrogen-bond acceptors (Lipinski definition) is 6. The lowest BCUT2D eigenvalue weighted by atomic mass is 10.0. The molecule has 3 N–H and O–H groups in total. The molecule has 2 amide bonds. The fraction of sp³-hybridized carbons (Fsp3) is 0.364. The highest BCUT2D eigenvalue weighted by atomic mass is 16.3. The van der Waals surface area contributed by atoms with E-state index in [0.717, 1.165) is 80.8 Å². The molecule has 2 heterocycles. The van der Waals surface area contributed by atoms with Crippen LogP contribution < -0.4 is 15.6 Å². The molecule has 0 radical (unpaired) electrons. The highest BCUT2D eigenvalue weighted by molar-refractivity contribution is 6.09. The third-order valence-electron chi connectivity index (χ3n) is 7.83. The van der Waals surface area contributed by atoms with Gasteiger partial charge in [-0.1, -0.05) is 42.0 Å². The molecule has 2 aliphatic heterocycles. The van der Waals surface area contributed by atoms with Crippen LogP contribution >= 0.6 is 0 Å². The molecule has 5 rings (SSSR count). The molecule has 0 atom stereocenters. The summed E-state index contributed by atoms with van der Waals surface area (Å²) in [4.78, 5) is 31.3. The van der Waals surface area contributed by atoms with Crippen LogP contribution in [0.15, 0.2) is 71.8 Å². The maximum atomic E-state index is 13.4. The summed E-state index contributed by atoms with van der Waals surface area (Å²) < 4.78 is 0. The molecule has 0 bridgehead atoms. The average molecular weight is 554 g/mol. The average Bonchev–Trinajstić information content (AvgIpc) is 3.00. The van der Waals surface area contributed by atoms with Crippen molar-refractivity contribution in [3.63, 3.8) is 0 Å². The summed E-state index contributed by atoms with van der Waals surface area (Å²) in [6.45, 7) is 6.32. The lowest BCUT2D eigenvalue weighted by Gasteiger charge is -2.29. The van der Waals surface area contributed by atoms with E-state index in [0.29, 0.717) is 16.8 Å². The zero-order valence-electron chi connectivity index (χ0n) is 23.7. The summed E-state index contributed by atoms with van der Waals surface area (Å²) >= 11 is 0. The van der Waals surface area contributed by atoms with E-state index in [4.69, 9.17) is 0 Å². The Morgan fingerprint density at radius 1 is 0.927 bits per heavy atom. The van der Waals surface area contributed by atoms with Crippen LogP contribution in [-0.2, 0) is 6.54 Å². The first kappa shape index (κ1) is 28.5. The number of anilines is 2. The van der Waals surface area contributed by atoms with E-state index < -0.39 is 0 Å². The van der Waals surface area contributed by atoms with E-state index in [1.54, 1.807) is 12.3 Å². The molecule has 0 spiro atoms. The van der Waals surface area contributed by atoms with Crippen LogP contribution in [0.25, 0.3) is 0 Å². The Morgan fingerprint density at radius 3 is 2.44 bits per heavy atom. The van der Waals surface area contributed by atoms with Gasteiger partial charge in [0.15, 0.2) is 0 Å². The Hall–Kier alpha value is -4.01. The van der Waals surface area contributed by atoms with Gasteiger partial charge >= 0.3 is 0 Å². The SMILES string of the molecule is Cc1ccc(C=NNC(=O)c2cc(N3CCCCC3)ccc2NC(=O)c2cccc(CN3CCC(O)CC3)c2)cc1. The van der Waals surface area contributed by atoms with Crippen molar-refractivity contribution in [1.82, 2.24) is 10.3 Å². The van der Waals surface area contributed by atoms with Crippen LogP contribution in [0.2, 0.25) is 0 Å². The van der Waals surface area contributed by atoms with E-state index in [1.807, 2.05) is 67.6 Å². The van der Waals surface area contributed by atoms with E-state index in [-0.39, 0.29) is 17.9 Å². The van der Waals surface area contributed by atoms with Crippen molar-refractivity contribution in [2.45, 2.75) is 51.7 Å². The number of aryl methyl sites for hydroxylation is 1. The minimum atomic E-state index is -0.386. The largest absolute Gasteiger partial charge is 0.393 e. The number of amides is 2. The number of carbonyl (C=O) groups excluding carboxylic acids is 2. The summed E-state index contributed by atoms with van der Waals surface area (Å²) in [6.07, 6.45) is 6.39. The van der Waals surface area contributed by atoms with E-state index in [1.165, 1.54) is 6.42 Å². The maximum absolute atomic E-state index is 13.4. The monoisotopic (exact) mass is 553 g/mol. The predicted molar refractivity (Wildman–Crippen MR) is 164 cm³/mol. The first-order valence-electron chi connectivity index (χ1n) is 14.5. The quantitative estimate of drug-likeness (QED) is 0.271. The molecule has 3 aromatic carbocycles. The first-order chi connectivity index (χ1) is 19.9. The normalized spacial score (nSPS) is 16.6. The van der Waals surface area contributed by atoms with Gasteiger partial charge in [0, 0.05) is 44.0 Å². The van der Waals surface area contributed by atoms with Crippen molar-refractivity contribution < 1.29 is 14.7 Å². The minimum Gasteiger partial charge on any atom is -0.393 e. The van der Waals surface area contributed by atoms with E-state index >= 15 is 0 Å². The molecule has 8 heteroatoms. The fourth-order valence-corrected chi connectivity index (χ4v) is 5.40. The first-order valence-corrected chi connectivity index (χ1v) is 14.5. The number of nitrogens with one attached hydrogen (secondary N) is 2. The lowest BCUT2D eigenvalue weighted by molar-refractivity contribution is 0.0792. The molecule has 41 heavy (non-hydrogen) atoms. The smallest absolute Gasteiger partial charge is 0.273 e. The van der Waals surface area contributed by atoms with Crippen molar-refractivity contribution in [2.24, 2.45) is 5.10 Å². The number of likely N-dealkylation sites (tertiary alicyclic amines) is 1. The van der Waals surface area contributed by atoms with Gasteiger partial charge in [-0.3, -0.25) is 14.5 Å². The summed E-state index contributed by atoms with van der Waals surface area (Å²) in [6, 6.07) is 21.1. The van der Waals surface area contributed by atoms with Crippen molar-refractivity contribution in [2.75, 3.05) is 36.4 Å². The minimum absolute atomic E-state index is 0.218. The van der Waals surface area contributed by atoms with E-state index in [2.05, 4.69) is 25.6 Å². The lowest BCUT2D eigenvalue weighted by Crippen LogP contribution is -2.35. The Balaban J connectivity index is 1.32. The summed E-state index contributed by atoms with van der Waals surface area (Å²) in [5, 5.41) is 16.9. The second-order valence-corrected chi connectivity index (χ2v) is 11.0. The van der Waals surface area contributed by atoms with Gasteiger partial charge in [0.05, 0.1) is 23.6 Å². The number of aliphatic hydroxyl groups is 1. The van der Waals surface area contributed by atoms with Gasteiger partial charge in [0.25, 0.3) is 11.8 Å². The van der Waals surface area contributed by atoms with Gasteiger partial charge < -0.3 is 15.3 Å². The van der Waals surface area contributed by atoms with Crippen LogP contribution in [0.4, 0.5) is 11.4 Å². The van der Waals surface area contributed by atoms with Crippen LogP contribution in [0, 0.1) is 6.92 Å². The number of aliphatic hydroxyl groups excluding tert-OH is 1. The Kier molecular flexibility index (Phi) is 9.44. The summed E-state index contributed by atoms with van der Waals surface area (Å²) in [5.41, 5.74) is 8.01. The fourth-order valence-electron chi connectivity index (χ4n) is 5.40. The zero-order chi connectivity index (χ0) is 28.6. The molecule has 2 fully saturated rings. The molecule has 0 unspecified atom stereocenters. The molecule has 0 saturated carbocycles. The van der Waals surface area contributed by atoms with Gasteiger partial charge in [-0.2, -0.15) is 5.10 Å². The van der Waals surface area contributed by atoms with Gasteiger partial charge in [-0.15, -0.1) is 0 Å². The second-order valence-electron chi connectivity index (χ2n) is 11.0. The standard InChI is InChI=1S/C33H39N5O3/c1-24-8-10-25(11-9-24)22-34-36-33(41)30-21-28(38-16-3-2-4-17-38)12-13-31(30)35-32(40)27-7-5-6-26(20-27)23-37-18-14-29(39)15-19-37/h5-13,20-22,29,39H,2-4,14-19,23H2,1H3,(H,35,40)(H,36,41). The molecule has 214 valence electrons.